The van der Waals surface area contributed by atoms with Crippen LogP contribution in [0.4, 0.5) is 0 Å². The minimum atomic E-state index is -1.41. The number of carbonyl (C=O) groups excluding carboxylic acids is 1. The van der Waals surface area contributed by atoms with Crippen molar-refractivity contribution in [2.75, 3.05) is 39.5 Å². The summed E-state index contributed by atoms with van der Waals surface area (Å²) in [4.78, 5) is 39.2. The standard InChI is InChI=1S/C9H15N3O6/c13-8(9(14)15)1-2-10-3-5-11(6-4-10)7-18-12(16)17/h1-7H2,(H,14,15). The number of carboxylic acid groups (broad SMARTS) is 1. The highest BCUT2D eigenvalue weighted by Crippen LogP contribution is 2.02. The van der Waals surface area contributed by atoms with Gasteiger partial charge < -0.3 is 10.0 Å². The summed E-state index contributed by atoms with van der Waals surface area (Å²) in [6, 6.07) is 0. The van der Waals surface area contributed by atoms with E-state index in [4.69, 9.17) is 5.11 Å². The van der Waals surface area contributed by atoms with Gasteiger partial charge in [-0.3, -0.25) is 14.5 Å². The molecule has 0 aliphatic carbocycles. The predicted molar refractivity (Wildman–Crippen MR) is 58.2 cm³/mol. The van der Waals surface area contributed by atoms with E-state index in [2.05, 4.69) is 4.84 Å². The van der Waals surface area contributed by atoms with Crippen molar-refractivity contribution in [1.29, 1.82) is 0 Å². The van der Waals surface area contributed by atoms with Crippen molar-refractivity contribution in [3.05, 3.63) is 10.1 Å². The van der Waals surface area contributed by atoms with Crippen molar-refractivity contribution in [2.24, 2.45) is 0 Å². The highest BCUT2D eigenvalue weighted by molar-refractivity contribution is 6.32. The molecule has 1 aliphatic rings. The molecule has 0 aromatic carbocycles. The van der Waals surface area contributed by atoms with Crippen LogP contribution in [0.1, 0.15) is 6.42 Å². The lowest BCUT2D eigenvalue weighted by molar-refractivity contribution is -0.762. The van der Waals surface area contributed by atoms with E-state index in [1.165, 1.54) is 0 Å². The monoisotopic (exact) mass is 261 g/mol. The molecule has 0 aromatic heterocycles. The molecule has 1 N–H and O–H groups in total. The van der Waals surface area contributed by atoms with E-state index in [0.717, 1.165) is 0 Å². The summed E-state index contributed by atoms with van der Waals surface area (Å²) < 4.78 is 0. The minimum absolute atomic E-state index is 0.0132. The Balaban J connectivity index is 2.17. The molecule has 9 nitrogen and oxygen atoms in total. The molecule has 1 aliphatic heterocycles. The van der Waals surface area contributed by atoms with Gasteiger partial charge in [0.2, 0.25) is 5.78 Å². The van der Waals surface area contributed by atoms with E-state index in [1.54, 1.807) is 4.90 Å². The molecular formula is C9H15N3O6. The van der Waals surface area contributed by atoms with Crippen LogP contribution in [-0.2, 0) is 14.4 Å². The first-order chi connectivity index (χ1) is 8.49. The van der Waals surface area contributed by atoms with E-state index in [0.29, 0.717) is 32.7 Å². The Morgan fingerprint density at radius 2 is 1.78 bits per heavy atom. The van der Waals surface area contributed by atoms with E-state index in [1.807, 2.05) is 4.90 Å². The summed E-state index contributed by atoms with van der Waals surface area (Å²) in [6.07, 6.45) is -0.0132. The largest absolute Gasteiger partial charge is 0.476 e. The number of nitrogens with zero attached hydrogens (tertiary/aromatic N) is 3. The number of ketones is 1. The Morgan fingerprint density at radius 1 is 1.22 bits per heavy atom. The van der Waals surface area contributed by atoms with Crippen LogP contribution >= 0.6 is 0 Å². The van der Waals surface area contributed by atoms with Crippen molar-refractivity contribution < 1.29 is 24.6 Å². The van der Waals surface area contributed by atoms with Gasteiger partial charge in [-0.15, -0.1) is 10.1 Å². The summed E-state index contributed by atoms with van der Waals surface area (Å²) >= 11 is 0. The highest BCUT2D eigenvalue weighted by Gasteiger charge is 2.19. The van der Waals surface area contributed by atoms with Gasteiger partial charge in [-0.2, -0.15) is 0 Å². The van der Waals surface area contributed by atoms with E-state index < -0.39 is 16.8 Å². The molecule has 1 fully saturated rings. The Morgan fingerprint density at radius 3 is 2.28 bits per heavy atom. The Hall–Kier alpha value is -1.74. The molecule has 18 heavy (non-hydrogen) atoms. The van der Waals surface area contributed by atoms with Crippen molar-refractivity contribution in [3.8, 4) is 0 Å². The third-order valence-corrected chi connectivity index (χ3v) is 2.70. The lowest BCUT2D eigenvalue weighted by Crippen LogP contribution is -2.47. The normalized spacial score (nSPS) is 17.3. The molecule has 9 heteroatoms. The molecular weight excluding hydrogens is 246 g/mol. The third kappa shape index (κ3) is 5.06. The SMILES string of the molecule is O=C(O)C(=O)CCN1CCN(CO[N+](=O)[O-])CC1. The van der Waals surface area contributed by atoms with E-state index in [-0.39, 0.29) is 13.2 Å². The van der Waals surface area contributed by atoms with Crippen molar-refractivity contribution in [2.45, 2.75) is 6.42 Å². The lowest BCUT2D eigenvalue weighted by atomic mass is 10.2. The average Bonchev–Trinajstić information content (AvgIpc) is 2.34. The van der Waals surface area contributed by atoms with Gasteiger partial charge in [-0.05, 0) is 0 Å². The molecule has 1 saturated heterocycles. The second-order valence-electron chi connectivity index (χ2n) is 3.92. The van der Waals surface area contributed by atoms with Gasteiger partial charge in [0.1, 0.15) is 6.73 Å². The van der Waals surface area contributed by atoms with Gasteiger partial charge >= 0.3 is 5.97 Å². The average molecular weight is 261 g/mol. The Kier molecular flexibility index (Phi) is 5.46. The number of aliphatic carboxylic acids is 1. The lowest BCUT2D eigenvalue weighted by Gasteiger charge is -2.33. The summed E-state index contributed by atoms with van der Waals surface area (Å²) in [5.74, 6) is -2.21. The molecule has 0 spiro atoms. The van der Waals surface area contributed by atoms with Crippen LogP contribution in [-0.4, -0.2) is 71.2 Å². The first-order valence-electron chi connectivity index (χ1n) is 5.47. The van der Waals surface area contributed by atoms with Gasteiger partial charge in [0.15, 0.2) is 0 Å². The highest BCUT2D eigenvalue weighted by atomic mass is 17.0. The van der Waals surface area contributed by atoms with Gasteiger partial charge in [-0.25, -0.2) is 4.79 Å². The molecule has 0 radical (unpaired) electrons. The van der Waals surface area contributed by atoms with Crippen LogP contribution in [0.2, 0.25) is 0 Å². The van der Waals surface area contributed by atoms with Gasteiger partial charge in [0.25, 0.3) is 5.09 Å². The number of hydrogen-bond acceptors (Lipinski definition) is 7. The Bertz CT molecular complexity index is 326. The van der Waals surface area contributed by atoms with Crippen LogP contribution in [0.25, 0.3) is 0 Å². The molecule has 0 bridgehead atoms. The first-order valence-corrected chi connectivity index (χ1v) is 5.47. The molecule has 1 heterocycles. The number of piperazine rings is 1. The number of rotatable bonds is 7. The maximum Gasteiger partial charge on any atom is 0.372 e. The van der Waals surface area contributed by atoms with Crippen molar-refractivity contribution in [1.82, 2.24) is 9.80 Å². The van der Waals surface area contributed by atoms with Crippen LogP contribution in [0.5, 0.6) is 0 Å². The number of hydrogen-bond donors (Lipinski definition) is 1. The first kappa shape index (κ1) is 14.3. The molecule has 0 atom stereocenters. The maximum absolute atomic E-state index is 10.9. The Labute approximate surface area is 103 Å². The fraction of sp³-hybridized carbons (Fsp3) is 0.778. The smallest absolute Gasteiger partial charge is 0.372 e. The summed E-state index contributed by atoms with van der Waals surface area (Å²) in [7, 11) is 0. The topological polar surface area (TPSA) is 113 Å². The molecule has 0 amide bonds. The molecule has 0 saturated carbocycles. The van der Waals surface area contributed by atoms with Gasteiger partial charge in [-0.1, -0.05) is 0 Å². The zero-order valence-electron chi connectivity index (χ0n) is 9.78. The fourth-order valence-corrected chi connectivity index (χ4v) is 1.64. The number of carbonyl (C=O) groups is 2. The summed E-state index contributed by atoms with van der Waals surface area (Å²) in [6.45, 7) is 2.79. The quantitative estimate of drug-likeness (QED) is 0.346. The number of Topliss-reactive ketones (excluding diaryl/α,β-unsaturated/α-hetero) is 1. The molecule has 0 unspecified atom stereocenters. The van der Waals surface area contributed by atoms with Crippen LogP contribution in [0.3, 0.4) is 0 Å². The predicted octanol–water partition coefficient (Wildman–Crippen LogP) is -1.19. The molecule has 102 valence electrons. The third-order valence-electron chi connectivity index (χ3n) is 2.70. The van der Waals surface area contributed by atoms with Crippen LogP contribution in [0.15, 0.2) is 0 Å². The number of carboxylic acids is 1. The molecule has 1 rings (SSSR count). The van der Waals surface area contributed by atoms with Gasteiger partial charge in [0, 0.05) is 39.1 Å². The van der Waals surface area contributed by atoms with Crippen molar-refractivity contribution in [3.63, 3.8) is 0 Å². The zero-order chi connectivity index (χ0) is 13.5. The minimum Gasteiger partial charge on any atom is -0.476 e. The van der Waals surface area contributed by atoms with E-state index in [9.17, 15) is 19.7 Å². The van der Waals surface area contributed by atoms with Crippen LogP contribution < -0.4 is 0 Å². The zero-order valence-corrected chi connectivity index (χ0v) is 9.78. The molecule has 0 aromatic rings. The summed E-state index contributed by atoms with van der Waals surface area (Å²) in [5, 5.41) is 17.6. The second kappa shape index (κ2) is 6.87. The fourth-order valence-electron chi connectivity index (χ4n) is 1.64. The maximum atomic E-state index is 10.9. The summed E-state index contributed by atoms with van der Waals surface area (Å²) in [5.41, 5.74) is 0. The van der Waals surface area contributed by atoms with Crippen LogP contribution in [0, 0.1) is 10.1 Å². The van der Waals surface area contributed by atoms with Gasteiger partial charge in [0.05, 0.1) is 0 Å². The van der Waals surface area contributed by atoms with Crippen molar-refractivity contribution >= 4 is 11.8 Å². The second-order valence-corrected chi connectivity index (χ2v) is 3.92. The van der Waals surface area contributed by atoms with E-state index >= 15 is 0 Å².